The van der Waals surface area contributed by atoms with Gasteiger partial charge in [-0.1, -0.05) is 36.4 Å². The number of anilines is 1. The SMILES string of the molecule is COc1ccc(N2C(=O)C(=O)/C(=C(/O)c3cc(C)cc(C)c3OC)C2c2ccccc2)cc1. The van der Waals surface area contributed by atoms with E-state index in [-0.39, 0.29) is 11.3 Å². The number of carbonyl (C=O) groups is 2. The van der Waals surface area contributed by atoms with Gasteiger partial charge in [-0.25, -0.2) is 0 Å². The van der Waals surface area contributed by atoms with Crippen LogP contribution in [-0.4, -0.2) is 31.0 Å². The zero-order valence-electron chi connectivity index (χ0n) is 19.0. The van der Waals surface area contributed by atoms with Crippen molar-refractivity contribution in [2.75, 3.05) is 19.1 Å². The minimum atomic E-state index is -0.801. The summed E-state index contributed by atoms with van der Waals surface area (Å²) in [4.78, 5) is 28.0. The van der Waals surface area contributed by atoms with Crippen molar-refractivity contribution in [1.82, 2.24) is 0 Å². The van der Waals surface area contributed by atoms with Crippen LogP contribution in [-0.2, 0) is 9.59 Å². The number of ketones is 1. The van der Waals surface area contributed by atoms with Crippen LogP contribution in [0.2, 0.25) is 0 Å². The predicted octanol–water partition coefficient (Wildman–Crippen LogP) is 4.95. The Bertz CT molecular complexity index is 1250. The fourth-order valence-electron chi connectivity index (χ4n) is 4.34. The number of ether oxygens (including phenoxy) is 2. The van der Waals surface area contributed by atoms with Crippen LogP contribution < -0.4 is 14.4 Å². The van der Waals surface area contributed by atoms with E-state index in [1.54, 1.807) is 37.4 Å². The molecule has 6 nitrogen and oxygen atoms in total. The number of hydrogen-bond acceptors (Lipinski definition) is 5. The molecule has 168 valence electrons. The molecule has 1 unspecified atom stereocenters. The van der Waals surface area contributed by atoms with E-state index in [9.17, 15) is 14.7 Å². The second-order valence-corrected chi connectivity index (χ2v) is 7.94. The molecule has 1 aliphatic heterocycles. The number of benzene rings is 3. The van der Waals surface area contributed by atoms with Gasteiger partial charge in [0, 0.05) is 5.69 Å². The number of carbonyl (C=O) groups excluding carboxylic acids is 2. The number of Topliss-reactive ketones (excluding diaryl/α,β-unsaturated/α-hetero) is 1. The average molecular weight is 443 g/mol. The number of amides is 1. The maximum atomic E-state index is 13.3. The molecule has 1 saturated heterocycles. The Balaban J connectivity index is 1.97. The lowest BCUT2D eigenvalue weighted by molar-refractivity contribution is -0.132. The first-order valence-corrected chi connectivity index (χ1v) is 10.5. The first-order valence-electron chi connectivity index (χ1n) is 10.5. The van der Waals surface area contributed by atoms with Crippen molar-refractivity contribution >= 4 is 23.1 Å². The zero-order valence-corrected chi connectivity index (χ0v) is 19.0. The maximum absolute atomic E-state index is 13.3. The number of aliphatic hydroxyl groups is 1. The summed E-state index contributed by atoms with van der Waals surface area (Å²) in [5.41, 5.74) is 3.35. The molecule has 1 heterocycles. The minimum absolute atomic E-state index is 0.0188. The van der Waals surface area contributed by atoms with Crippen molar-refractivity contribution in [3.63, 3.8) is 0 Å². The third-order valence-corrected chi connectivity index (χ3v) is 5.79. The van der Waals surface area contributed by atoms with Gasteiger partial charge in [-0.2, -0.15) is 0 Å². The molecule has 1 fully saturated rings. The Labute approximate surface area is 192 Å². The van der Waals surface area contributed by atoms with Crippen LogP contribution in [0, 0.1) is 13.8 Å². The van der Waals surface area contributed by atoms with Crippen LogP contribution in [0.5, 0.6) is 11.5 Å². The number of aliphatic hydroxyl groups excluding tert-OH is 1. The third-order valence-electron chi connectivity index (χ3n) is 5.79. The van der Waals surface area contributed by atoms with Crippen molar-refractivity contribution < 1.29 is 24.2 Å². The normalized spacial score (nSPS) is 17.3. The van der Waals surface area contributed by atoms with Gasteiger partial charge in [0.15, 0.2) is 0 Å². The lowest BCUT2D eigenvalue weighted by Crippen LogP contribution is -2.29. The molecule has 3 aromatic rings. The van der Waals surface area contributed by atoms with Crippen LogP contribution in [0.25, 0.3) is 5.76 Å². The molecule has 6 heteroatoms. The number of aryl methyl sites for hydroxylation is 2. The molecule has 33 heavy (non-hydrogen) atoms. The topological polar surface area (TPSA) is 76.1 Å². The number of methoxy groups -OCH3 is 2. The molecule has 1 aliphatic rings. The summed E-state index contributed by atoms with van der Waals surface area (Å²) in [6, 6.07) is 19.0. The summed E-state index contributed by atoms with van der Waals surface area (Å²) in [5.74, 6) is -0.633. The van der Waals surface area contributed by atoms with Gasteiger partial charge in [0.1, 0.15) is 17.3 Å². The van der Waals surface area contributed by atoms with E-state index in [0.717, 1.165) is 11.1 Å². The van der Waals surface area contributed by atoms with Gasteiger partial charge in [0.2, 0.25) is 0 Å². The predicted molar refractivity (Wildman–Crippen MR) is 127 cm³/mol. The monoisotopic (exact) mass is 443 g/mol. The zero-order chi connectivity index (χ0) is 23.7. The van der Waals surface area contributed by atoms with Crippen molar-refractivity contribution in [2.24, 2.45) is 0 Å². The average Bonchev–Trinajstić information content (AvgIpc) is 3.09. The van der Waals surface area contributed by atoms with E-state index in [4.69, 9.17) is 9.47 Å². The maximum Gasteiger partial charge on any atom is 0.300 e. The molecular formula is C27H25NO5. The summed E-state index contributed by atoms with van der Waals surface area (Å²) >= 11 is 0. The summed E-state index contributed by atoms with van der Waals surface area (Å²) in [7, 11) is 3.07. The van der Waals surface area contributed by atoms with Crippen LogP contribution in [0.1, 0.15) is 28.3 Å². The standard InChI is InChI=1S/C27H25NO5/c1-16-14-17(2)26(33-4)21(15-16)24(29)22-23(18-8-6-5-7-9-18)28(27(31)25(22)30)19-10-12-20(32-3)13-11-19/h5-15,23,29H,1-4H3/b24-22+. The van der Waals surface area contributed by atoms with E-state index >= 15 is 0 Å². The molecule has 0 aliphatic carbocycles. The van der Waals surface area contributed by atoms with Crippen molar-refractivity contribution in [3.8, 4) is 11.5 Å². The van der Waals surface area contributed by atoms with Crippen LogP contribution in [0.15, 0.2) is 72.3 Å². The highest BCUT2D eigenvalue weighted by atomic mass is 16.5. The summed E-state index contributed by atoms with van der Waals surface area (Å²) < 4.78 is 10.8. The van der Waals surface area contributed by atoms with Gasteiger partial charge < -0.3 is 14.6 Å². The molecule has 3 aromatic carbocycles. The highest BCUT2D eigenvalue weighted by Gasteiger charge is 2.47. The summed E-state index contributed by atoms with van der Waals surface area (Å²) in [5, 5.41) is 11.4. The molecule has 0 spiro atoms. The van der Waals surface area contributed by atoms with E-state index < -0.39 is 17.7 Å². The molecule has 1 atom stereocenters. The smallest absolute Gasteiger partial charge is 0.300 e. The number of nitrogens with zero attached hydrogens (tertiary/aromatic N) is 1. The van der Waals surface area contributed by atoms with Gasteiger partial charge >= 0.3 is 0 Å². The van der Waals surface area contributed by atoms with Gasteiger partial charge in [0.25, 0.3) is 11.7 Å². The highest BCUT2D eigenvalue weighted by Crippen LogP contribution is 2.44. The summed E-state index contributed by atoms with van der Waals surface area (Å²) in [6.07, 6.45) is 0. The third kappa shape index (κ3) is 3.84. The minimum Gasteiger partial charge on any atom is -0.507 e. The largest absolute Gasteiger partial charge is 0.507 e. The molecular weight excluding hydrogens is 418 g/mol. The van der Waals surface area contributed by atoms with E-state index in [1.807, 2.05) is 50.2 Å². The lowest BCUT2D eigenvalue weighted by Gasteiger charge is -2.25. The van der Waals surface area contributed by atoms with Crippen molar-refractivity contribution in [2.45, 2.75) is 19.9 Å². The fraction of sp³-hybridized carbons (Fsp3) is 0.185. The highest BCUT2D eigenvalue weighted by molar-refractivity contribution is 6.51. The number of hydrogen-bond donors (Lipinski definition) is 1. The Hall–Kier alpha value is -4.06. The first-order chi connectivity index (χ1) is 15.9. The van der Waals surface area contributed by atoms with E-state index in [0.29, 0.717) is 28.3 Å². The molecule has 1 amide bonds. The lowest BCUT2D eigenvalue weighted by atomic mass is 9.93. The van der Waals surface area contributed by atoms with E-state index in [1.165, 1.54) is 12.0 Å². The van der Waals surface area contributed by atoms with Gasteiger partial charge in [0.05, 0.1) is 31.4 Å². The van der Waals surface area contributed by atoms with Crippen molar-refractivity contribution in [3.05, 3.63) is 94.6 Å². The van der Waals surface area contributed by atoms with Gasteiger partial charge in [-0.05, 0) is 60.9 Å². The van der Waals surface area contributed by atoms with Crippen molar-refractivity contribution in [1.29, 1.82) is 0 Å². The van der Waals surface area contributed by atoms with Crippen LogP contribution >= 0.6 is 0 Å². The number of rotatable bonds is 5. The Morgan fingerprint density at radius 2 is 1.58 bits per heavy atom. The molecule has 0 aromatic heterocycles. The molecule has 0 bridgehead atoms. The Kier molecular flexibility index (Phi) is 5.92. The molecule has 0 saturated carbocycles. The Morgan fingerprint density at radius 3 is 2.18 bits per heavy atom. The fourth-order valence-corrected chi connectivity index (χ4v) is 4.34. The molecule has 0 radical (unpaired) electrons. The van der Waals surface area contributed by atoms with Gasteiger partial charge in [-0.3, -0.25) is 14.5 Å². The second-order valence-electron chi connectivity index (χ2n) is 7.94. The van der Waals surface area contributed by atoms with Crippen LogP contribution in [0.4, 0.5) is 5.69 Å². The van der Waals surface area contributed by atoms with Gasteiger partial charge in [-0.15, -0.1) is 0 Å². The molecule has 4 rings (SSSR count). The van der Waals surface area contributed by atoms with Crippen LogP contribution in [0.3, 0.4) is 0 Å². The van der Waals surface area contributed by atoms with E-state index in [2.05, 4.69) is 0 Å². The summed E-state index contributed by atoms with van der Waals surface area (Å²) in [6.45, 7) is 3.76. The first kappa shape index (κ1) is 22.1. The molecule has 1 N–H and O–H groups in total. The Morgan fingerprint density at radius 1 is 0.909 bits per heavy atom. The quantitative estimate of drug-likeness (QED) is 0.343. The second kappa shape index (κ2) is 8.82.